The van der Waals surface area contributed by atoms with Gasteiger partial charge in [-0.2, -0.15) is 0 Å². The first kappa shape index (κ1) is 26.5. The maximum atomic E-state index is 12.4. The minimum absolute atomic E-state index is 0.451. The normalized spacial score (nSPS) is 24.9. The molecule has 9 nitrogen and oxygen atoms in total. The standard InChI is InChI=1S/C28H30O9S/c1-16(29)35-25-15-26(38(3,31)32)37-27(28(25)36-17(2)30)20-7-8-22(19-5-6-19)21(14-20)12-18-4-9-23-24(13-18)34-11-10-33-23/h4,7-9,13-14,19,25-28H,5-6,10-12H2,1-3H3/t25-,26-,27+,28+/m1/s1. The number of benzene rings is 2. The van der Waals surface area contributed by atoms with E-state index in [9.17, 15) is 18.0 Å². The molecule has 2 aromatic carbocycles. The molecule has 2 heterocycles. The van der Waals surface area contributed by atoms with Gasteiger partial charge in [-0.25, -0.2) is 8.42 Å². The molecule has 1 saturated carbocycles. The molecule has 38 heavy (non-hydrogen) atoms. The molecule has 0 amide bonds. The summed E-state index contributed by atoms with van der Waals surface area (Å²) in [6, 6.07) is 11.7. The lowest BCUT2D eigenvalue weighted by molar-refractivity contribution is -0.187. The van der Waals surface area contributed by atoms with Crippen LogP contribution in [-0.4, -0.2) is 57.5 Å². The Morgan fingerprint density at radius 1 is 0.974 bits per heavy atom. The quantitative estimate of drug-likeness (QED) is 0.486. The van der Waals surface area contributed by atoms with Crippen molar-refractivity contribution in [2.75, 3.05) is 19.5 Å². The molecule has 0 N–H and O–H groups in total. The van der Waals surface area contributed by atoms with Gasteiger partial charge in [-0.15, -0.1) is 0 Å². The Hall–Kier alpha value is -3.11. The van der Waals surface area contributed by atoms with Gasteiger partial charge in [-0.1, -0.05) is 24.3 Å². The van der Waals surface area contributed by atoms with E-state index in [1.807, 2.05) is 36.4 Å². The van der Waals surface area contributed by atoms with Gasteiger partial charge < -0.3 is 23.7 Å². The lowest BCUT2D eigenvalue weighted by Crippen LogP contribution is -2.50. The maximum absolute atomic E-state index is 12.4. The molecule has 2 radical (unpaired) electrons. The van der Waals surface area contributed by atoms with Crippen molar-refractivity contribution in [1.82, 2.24) is 0 Å². The molecule has 2 fully saturated rings. The van der Waals surface area contributed by atoms with Crippen LogP contribution in [0.5, 0.6) is 11.5 Å². The number of hydrogen-bond acceptors (Lipinski definition) is 9. The zero-order chi connectivity index (χ0) is 27.0. The molecule has 4 atom stereocenters. The predicted octanol–water partition coefficient (Wildman–Crippen LogP) is 3.31. The SMILES string of the molecule is CC(=O)O[C@H]1[C@H](OC(C)=O)[C][C@@H](S(C)(=O)=O)O[C@H]1c1ccc(C2CC2)c(Cc2ccc3c(c2)OCCO3)c1. The number of hydrogen-bond donors (Lipinski definition) is 0. The molecule has 5 rings (SSSR count). The van der Waals surface area contributed by atoms with Gasteiger partial charge in [0, 0.05) is 20.1 Å². The van der Waals surface area contributed by atoms with E-state index in [4.69, 9.17) is 23.7 Å². The summed E-state index contributed by atoms with van der Waals surface area (Å²) < 4.78 is 53.1. The molecule has 3 aliphatic rings. The largest absolute Gasteiger partial charge is 0.486 e. The highest BCUT2D eigenvalue weighted by Gasteiger charge is 2.47. The topological polar surface area (TPSA) is 114 Å². The lowest BCUT2D eigenvalue weighted by Gasteiger charge is -2.39. The van der Waals surface area contributed by atoms with E-state index in [1.54, 1.807) is 0 Å². The number of carbonyl (C=O) groups is 2. The lowest BCUT2D eigenvalue weighted by atomic mass is 9.90. The van der Waals surface area contributed by atoms with Gasteiger partial charge in [-0.05, 0) is 59.6 Å². The molecular weight excluding hydrogens is 512 g/mol. The van der Waals surface area contributed by atoms with Gasteiger partial charge in [0.05, 0.1) is 6.42 Å². The van der Waals surface area contributed by atoms with Crippen molar-refractivity contribution in [1.29, 1.82) is 0 Å². The Labute approximate surface area is 222 Å². The summed E-state index contributed by atoms with van der Waals surface area (Å²) in [5, 5.41) is 0. The molecule has 1 saturated heterocycles. The smallest absolute Gasteiger partial charge is 0.303 e. The van der Waals surface area contributed by atoms with Crippen molar-refractivity contribution in [3.8, 4) is 11.5 Å². The summed E-state index contributed by atoms with van der Waals surface area (Å²) in [6.07, 6.45) is 3.12. The average Bonchev–Trinajstić information content (AvgIpc) is 3.69. The monoisotopic (exact) mass is 542 g/mol. The zero-order valence-electron chi connectivity index (χ0n) is 21.5. The first-order chi connectivity index (χ1) is 18.1. The summed E-state index contributed by atoms with van der Waals surface area (Å²) in [4.78, 5) is 23.8. The van der Waals surface area contributed by atoms with Crippen molar-refractivity contribution in [3.63, 3.8) is 0 Å². The highest BCUT2D eigenvalue weighted by Crippen LogP contribution is 2.44. The summed E-state index contributed by atoms with van der Waals surface area (Å²) in [5.41, 5.74) is 2.43. The van der Waals surface area contributed by atoms with E-state index in [0.717, 1.165) is 30.2 Å². The number of sulfone groups is 1. The minimum Gasteiger partial charge on any atom is -0.486 e. The van der Waals surface area contributed by atoms with Crippen molar-refractivity contribution < 1.29 is 41.7 Å². The second kappa shape index (κ2) is 10.6. The average molecular weight is 543 g/mol. The Morgan fingerprint density at radius 3 is 2.34 bits per heavy atom. The molecule has 2 aliphatic heterocycles. The van der Waals surface area contributed by atoms with Crippen LogP contribution >= 0.6 is 0 Å². The van der Waals surface area contributed by atoms with Crippen LogP contribution in [0.15, 0.2) is 36.4 Å². The van der Waals surface area contributed by atoms with Crippen molar-refractivity contribution in [2.45, 2.75) is 62.8 Å². The van der Waals surface area contributed by atoms with Gasteiger partial charge in [0.1, 0.15) is 19.3 Å². The highest BCUT2D eigenvalue weighted by atomic mass is 32.2. The van der Waals surface area contributed by atoms with E-state index < -0.39 is 45.5 Å². The van der Waals surface area contributed by atoms with Gasteiger partial charge in [0.25, 0.3) is 0 Å². The van der Waals surface area contributed by atoms with Crippen LogP contribution in [0.1, 0.15) is 61.0 Å². The minimum atomic E-state index is -3.76. The summed E-state index contributed by atoms with van der Waals surface area (Å²) in [5.74, 6) is 0.593. The number of rotatable bonds is 7. The third kappa shape index (κ3) is 5.96. The second-order valence-corrected chi connectivity index (χ2v) is 12.0. The predicted molar refractivity (Wildman–Crippen MR) is 135 cm³/mol. The summed E-state index contributed by atoms with van der Waals surface area (Å²) >= 11 is 0. The van der Waals surface area contributed by atoms with Crippen molar-refractivity contribution in [3.05, 3.63) is 65.1 Å². The van der Waals surface area contributed by atoms with Gasteiger partial charge in [0.15, 0.2) is 39.0 Å². The number of ether oxygens (including phenoxy) is 5. The molecule has 0 aromatic heterocycles. The first-order valence-corrected chi connectivity index (χ1v) is 14.5. The summed E-state index contributed by atoms with van der Waals surface area (Å²) in [7, 11) is -3.76. The van der Waals surface area contributed by atoms with Crippen molar-refractivity contribution in [2.24, 2.45) is 0 Å². The Kier molecular flexibility index (Phi) is 7.37. The Morgan fingerprint density at radius 2 is 1.68 bits per heavy atom. The van der Waals surface area contributed by atoms with Crippen molar-refractivity contribution >= 4 is 21.8 Å². The molecule has 0 spiro atoms. The molecular formula is C28H30O9S. The summed E-state index contributed by atoms with van der Waals surface area (Å²) in [6.45, 7) is 3.44. The van der Waals surface area contributed by atoms with E-state index in [0.29, 0.717) is 42.6 Å². The third-order valence-electron chi connectivity index (χ3n) is 6.67. The molecule has 202 valence electrons. The van der Waals surface area contributed by atoms with E-state index in [2.05, 4.69) is 6.42 Å². The van der Waals surface area contributed by atoms with Crippen LogP contribution in [-0.2, 0) is 40.1 Å². The van der Waals surface area contributed by atoms with Crippen LogP contribution < -0.4 is 9.47 Å². The Balaban J connectivity index is 1.52. The molecule has 1 aliphatic carbocycles. The zero-order valence-corrected chi connectivity index (χ0v) is 22.3. The van der Waals surface area contributed by atoms with E-state index in [-0.39, 0.29) is 0 Å². The number of fused-ring (bicyclic) bond motifs is 1. The third-order valence-corrected chi connectivity index (χ3v) is 7.69. The first-order valence-electron chi connectivity index (χ1n) is 12.5. The molecule has 2 aromatic rings. The van der Waals surface area contributed by atoms with Crippen LogP contribution in [0, 0.1) is 6.42 Å². The van der Waals surface area contributed by atoms with Gasteiger partial charge >= 0.3 is 11.9 Å². The van der Waals surface area contributed by atoms with Crippen LogP contribution in [0.4, 0.5) is 0 Å². The van der Waals surface area contributed by atoms with Crippen LogP contribution in [0.2, 0.25) is 0 Å². The molecule has 0 unspecified atom stereocenters. The maximum Gasteiger partial charge on any atom is 0.303 e. The fourth-order valence-corrected chi connectivity index (χ4v) is 5.59. The van der Waals surface area contributed by atoms with Gasteiger partial charge in [-0.3, -0.25) is 9.59 Å². The van der Waals surface area contributed by atoms with Crippen LogP contribution in [0.25, 0.3) is 0 Å². The van der Waals surface area contributed by atoms with E-state index >= 15 is 0 Å². The molecule has 10 heteroatoms. The molecule has 0 bridgehead atoms. The highest BCUT2D eigenvalue weighted by molar-refractivity contribution is 7.91. The second-order valence-electron chi connectivity index (χ2n) is 9.88. The van der Waals surface area contributed by atoms with E-state index in [1.165, 1.54) is 19.4 Å². The Bertz CT molecular complexity index is 1330. The van der Waals surface area contributed by atoms with Crippen LogP contribution in [0.3, 0.4) is 0 Å². The number of esters is 2. The fraction of sp³-hybridized carbons (Fsp3) is 0.464. The number of carbonyl (C=O) groups excluding carboxylic acids is 2. The fourth-order valence-electron chi connectivity index (χ4n) is 4.89. The van der Waals surface area contributed by atoms with Gasteiger partial charge in [0.2, 0.25) is 0 Å².